The lowest BCUT2D eigenvalue weighted by atomic mass is 10.0. The Kier molecular flexibility index (Phi) is 6.16. The predicted octanol–water partition coefficient (Wildman–Crippen LogP) is 6.43. The van der Waals surface area contributed by atoms with Gasteiger partial charge in [0, 0.05) is 36.7 Å². The fourth-order valence-corrected chi connectivity index (χ4v) is 5.80. The number of anilines is 1. The van der Waals surface area contributed by atoms with Gasteiger partial charge in [0.15, 0.2) is 11.5 Å². The third-order valence-electron chi connectivity index (χ3n) is 7.98. The fraction of sp³-hybridized carbons (Fsp3) is 0.484. The molecule has 0 N–H and O–H groups in total. The molecule has 1 atom stereocenters. The summed E-state index contributed by atoms with van der Waals surface area (Å²) >= 11 is 0. The number of methoxy groups -OCH3 is 1. The SMILES string of the molecule is COc1c(-c2ccc3nc(N4CCC(N(C(=O)OC(C)(C)C)C5(C)CC5)C4)ccc3n2)cc2oc(C)nc2c1C. The Morgan fingerprint density at radius 2 is 1.82 bits per heavy atom. The number of hydrogen-bond acceptors (Lipinski definition) is 8. The van der Waals surface area contributed by atoms with E-state index in [4.69, 9.17) is 23.9 Å². The van der Waals surface area contributed by atoms with Crippen LogP contribution in [0.2, 0.25) is 0 Å². The van der Waals surface area contributed by atoms with Crippen LogP contribution in [0.5, 0.6) is 5.75 Å². The van der Waals surface area contributed by atoms with Crippen molar-refractivity contribution in [3.63, 3.8) is 0 Å². The Bertz CT molecular complexity index is 1620. The van der Waals surface area contributed by atoms with Gasteiger partial charge in [-0.1, -0.05) is 0 Å². The van der Waals surface area contributed by atoms with Gasteiger partial charge < -0.3 is 18.8 Å². The molecule has 40 heavy (non-hydrogen) atoms. The number of aromatic nitrogens is 3. The summed E-state index contributed by atoms with van der Waals surface area (Å²) in [6.45, 7) is 13.3. The quantitative estimate of drug-likeness (QED) is 0.284. The maximum atomic E-state index is 13.2. The third kappa shape index (κ3) is 4.71. The van der Waals surface area contributed by atoms with Crippen LogP contribution in [0.1, 0.15) is 58.4 Å². The average molecular weight is 544 g/mol. The number of rotatable bonds is 5. The van der Waals surface area contributed by atoms with Crippen LogP contribution in [0.3, 0.4) is 0 Å². The highest BCUT2D eigenvalue weighted by molar-refractivity contribution is 5.89. The molecule has 4 aromatic rings. The number of aryl methyl sites for hydroxylation is 2. The van der Waals surface area contributed by atoms with E-state index >= 15 is 0 Å². The topological polar surface area (TPSA) is 93.8 Å². The van der Waals surface area contributed by atoms with E-state index in [9.17, 15) is 4.79 Å². The zero-order chi connectivity index (χ0) is 28.4. The summed E-state index contributed by atoms with van der Waals surface area (Å²) in [5, 5.41) is 0. The van der Waals surface area contributed by atoms with E-state index in [1.165, 1.54) is 0 Å². The van der Waals surface area contributed by atoms with Gasteiger partial charge in [-0.2, -0.15) is 0 Å². The van der Waals surface area contributed by atoms with E-state index in [0.717, 1.165) is 77.3 Å². The molecule has 9 nitrogen and oxygen atoms in total. The van der Waals surface area contributed by atoms with Gasteiger partial charge in [-0.25, -0.2) is 19.7 Å². The summed E-state index contributed by atoms with van der Waals surface area (Å²) in [6.07, 6.45) is 2.69. The van der Waals surface area contributed by atoms with Crippen molar-refractivity contribution in [3.05, 3.63) is 41.8 Å². The summed E-state index contributed by atoms with van der Waals surface area (Å²) in [6, 6.07) is 10.0. The predicted molar refractivity (Wildman–Crippen MR) is 155 cm³/mol. The van der Waals surface area contributed by atoms with Crippen molar-refractivity contribution in [2.24, 2.45) is 0 Å². The van der Waals surface area contributed by atoms with Crippen LogP contribution in [0.15, 0.2) is 34.7 Å². The molecule has 0 spiro atoms. The molecule has 1 aromatic carbocycles. The van der Waals surface area contributed by atoms with Gasteiger partial charge in [-0.15, -0.1) is 0 Å². The summed E-state index contributed by atoms with van der Waals surface area (Å²) in [5.41, 5.74) is 5.05. The normalized spacial score (nSPS) is 18.4. The highest BCUT2D eigenvalue weighted by Crippen LogP contribution is 2.45. The first-order valence-electron chi connectivity index (χ1n) is 14.0. The molecular formula is C31H37N5O4. The van der Waals surface area contributed by atoms with Crippen molar-refractivity contribution < 1.29 is 18.7 Å². The molecule has 1 saturated heterocycles. The first kappa shape index (κ1) is 26.3. The fourth-order valence-electron chi connectivity index (χ4n) is 5.80. The number of amides is 1. The van der Waals surface area contributed by atoms with Crippen molar-refractivity contribution in [2.75, 3.05) is 25.1 Å². The van der Waals surface area contributed by atoms with Crippen molar-refractivity contribution in [2.45, 2.75) is 78.0 Å². The van der Waals surface area contributed by atoms with Gasteiger partial charge in [-0.05, 0) is 84.2 Å². The number of ether oxygens (including phenoxy) is 2. The minimum absolute atomic E-state index is 0.0886. The number of hydrogen-bond donors (Lipinski definition) is 0. The number of oxazole rings is 1. The standard InChI is InChI=1S/C31H37N5O4/c1-18-27-25(39-19(2)32-27)16-21(28(18)38-7)22-8-9-24-23(33-22)10-11-26(34-24)35-15-12-20(17-35)36(31(6)13-14-31)29(37)40-30(3,4)5/h8-11,16,20H,12-15,17H2,1-7H3. The van der Waals surface area contributed by atoms with Crippen molar-refractivity contribution in [1.82, 2.24) is 19.9 Å². The molecule has 4 heterocycles. The largest absolute Gasteiger partial charge is 0.496 e. The van der Waals surface area contributed by atoms with E-state index in [0.29, 0.717) is 11.5 Å². The van der Waals surface area contributed by atoms with Gasteiger partial charge in [0.25, 0.3) is 0 Å². The average Bonchev–Trinajstić information content (AvgIpc) is 3.27. The first-order chi connectivity index (χ1) is 19.0. The van der Waals surface area contributed by atoms with Crippen LogP contribution >= 0.6 is 0 Å². The van der Waals surface area contributed by atoms with Crippen molar-refractivity contribution >= 4 is 34.0 Å². The Hall–Kier alpha value is -3.88. The maximum Gasteiger partial charge on any atom is 0.411 e. The van der Waals surface area contributed by atoms with Crippen LogP contribution in [-0.2, 0) is 4.74 Å². The Labute approximate surface area is 234 Å². The van der Waals surface area contributed by atoms with Crippen LogP contribution < -0.4 is 9.64 Å². The molecular weight excluding hydrogens is 506 g/mol. The van der Waals surface area contributed by atoms with Gasteiger partial charge in [0.2, 0.25) is 0 Å². The van der Waals surface area contributed by atoms with Crippen molar-refractivity contribution in [3.8, 4) is 17.0 Å². The third-order valence-corrected chi connectivity index (χ3v) is 7.98. The summed E-state index contributed by atoms with van der Waals surface area (Å²) in [4.78, 5) is 31.8. The van der Waals surface area contributed by atoms with Gasteiger partial charge in [0.05, 0.1) is 29.9 Å². The van der Waals surface area contributed by atoms with Crippen molar-refractivity contribution in [1.29, 1.82) is 0 Å². The van der Waals surface area contributed by atoms with Gasteiger partial charge in [-0.3, -0.25) is 4.90 Å². The maximum absolute atomic E-state index is 13.2. The molecule has 1 saturated carbocycles. The van der Waals surface area contributed by atoms with E-state index in [-0.39, 0.29) is 17.7 Å². The van der Waals surface area contributed by atoms with Gasteiger partial charge in [0.1, 0.15) is 22.7 Å². The number of benzene rings is 1. The lowest BCUT2D eigenvalue weighted by Crippen LogP contribution is -2.50. The molecule has 0 bridgehead atoms. The second-order valence-corrected chi connectivity index (χ2v) is 12.3. The molecule has 2 fully saturated rings. The monoisotopic (exact) mass is 543 g/mol. The zero-order valence-electron chi connectivity index (χ0n) is 24.4. The number of carbonyl (C=O) groups excluding carboxylic acids is 1. The highest BCUT2D eigenvalue weighted by Gasteiger charge is 2.51. The first-order valence-corrected chi connectivity index (χ1v) is 14.0. The van der Waals surface area contributed by atoms with Crippen LogP contribution in [0.25, 0.3) is 33.4 Å². The lowest BCUT2D eigenvalue weighted by molar-refractivity contribution is 0.00539. The molecule has 9 heteroatoms. The van der Waals surface area contributed by atoms with Crippen LogP contribution in [0.4, 0.5) is 10.6 Å². The molecule has 1 aliphatic carbocycles. The van der Waals surface area contributed by atoms with Crippen LogP contribution in [-0.4, -0.2) is 63.3 Å². The number of pyridine rings is 2. The number of fused-ring (bicyclic) bond motifs is 2. The minimum atomic E-state index is -0.521. The molecule has 6 rings (SSSR count). The zero-order valence-corrected chi connectivity index (χ0v) is 24.4. The summed E-state index contributed by atoms with van der Waals surface area (Å²) in [5.74, 6) is 2.24. The Morgan fingerprint density at radius 1 is 1.10 bits per heavy atom. The van der Waals surface area contributed by atoms with Gasteiger partial charge >= 0.3 is 6.09 Å². The second-order valence-electron chi connectivity index (χ2n) is 12.3. The number of nitrogens with zero attached hydrogens (tertiary/aromatic N) is 5. The Morgan fingerprint density at radius 3 is 2.52 bits per heavy atom. The second kappa shape index (κ2) is 9.35. The smallest absolute Gasteiger partial charge is 0.411 e. The molecule has 210 valence electrons. The molecule has 0 radical (unpaired) electrons. The lowest BCUT2D eigenvalue weighted by Gasteiger charge is -2.36. The van der Waals surface area contributed by atoms with E-state index in [2.05, 4.69) is 16.8 Å². The van der Waals surface area contributed by atoms with Crippen LogP contribution in [0, 0.1) is 13.8 Å². The molecule has 1 unspecified atom stereocenters. The molecule has 3 aromatic heterocycles. The molecule has 1 aliphatic heterocycles. The molecule has 1 amide bonds. The van der Waals surface area contributed by atoms with E-state index in [1.807, 2.05) is 69.9 Å². The summed E-state index contributed by atoms with van der Waals surface area (Å²) in [7, 11) is 1.66. The number of carbonyl (C=O) groups is 1. The molecule has 2 aliphatic rings. The highest BCUT2D eigenvalue weighted by atomic mass is 16.6. The van der Waals surface area contributed by atoms with E-state index < -0.39 is 5.60 Å². The van der Waals surface area contributed by atoms with E-state index in [1.54, 1.807) is 7.11 Å². The minimum Gasteiger partial charge on any atom is -0.496 e. The Balaban J connectivity index is 1.26. The summed E-state index contributed by atoms with van der Waals surface area (Å²) < 4.78 is 17.4.